The van der Waals surface area contributed by atoms with Gasteiger partial charge in [-0.1, -0.05) is 43.8 Å². The lowest BCUT2D eigenvalue weighted by Gasteiger charge is -2.15. The predicted molar refractivity (Wildman–Crippen MR) is 121 cm³/mol. The highest BCUT2D eigenvalue weighted by Crippen LogP contribution is 2.26. The van der Waals surface area contributed by atoms with E-state index in [1.165, 1.54) is 11.8 Å². The van der Waals surface area contributed by atoms with Gasteiger partial charge < -0.3 is 14.6 Å². The molecule has 1 atom stereocenters. The summed E-state index contributed by atoms with van der Waals surface area (Å²) in [6.07, 6.45) is 0.902. The second-order valence-electron chi connectivity index (χ2n) is 7.71. The van der Waals surface area contributed by atoms with Crippen molar-refractivity contribution in [3.05, 3.63) is 66.0 Å². The van der Waals surface area contributed by atoms with Crippen LogP contribution in [-0.4, -0.2) is 25.9 Å². The number of halogens is 2. The van der Waals surface area contributed by atoms with Gasteiger partial charge in [-0.05, 0) is 43.5 Å². The molecule has 0 aliphatic heterocycles. The van der Waals surface area contributed by atoms with Gasteiger partial charge in [-0.15, -0.1) is 10.2 Å². The van der Waals surface area contributed by atoms with E-state index in [-0.39, 0.29) is 12.3 Å². The van der Waals surface area contributed by atoms with Crippen LogP contribution in [0.15, 0.2) is 53.7 Å². The Labute approximate surface area is 190 Å². The molecule has 0 radical (unpaired) electrons. The molecule has 0 aliphatic rings. The number of amides is 1. The summed E-state index contributed by atoms with van der Waals surface area (Å²) in [5.41, 5.74) is -0.194. The van der Waals surface area contributed by atoms with Crippen molar-refractivity contribution in [2.45, 2.75) is 50.8 Å². The minimum absolute atomic E-state index is 0.194. The van der Waals surface area contributed by atoms with E-state index < -0.39 is 22.8 Å². The molecule has 3 aromatic rings. The maximum atomic E-state index is 13.9. The van der Waals surface area contributed by atoms with Crippen LogP contribution in [0.2, 0.25) is 0 Å². The number of carbonyl (C=O) groups excluding carboxylic acids is 1. The molecule has 6 nitrogen and oxygen atoms in total. The number of para-hydroxylation sites is 1. The first-order valence-electron chi connectivity index (χ1n) is 10.4. The fourth-order valence-corrected chi connectivity index (χ4v) is 3.72. The van der Waals surface area contributed by atoms with Crippen molar-refractivity contribution in [1.29, 1.82) is 0 Å². The number of benzene rings is 2. The van der Waals surface area contributed by atoms with Gasteiger partial charge >= 0.3 is 0 Å². The van der Waals surface area contributed by atoms with Crippen molar-refractivity contribution in [2.24, 2.45) is 5.92 Å². The number of carbonyl (C=O) groups is 1. The van der Waals surface area contributed by atoms with E-state index in [1.807, 2.05) is 34.9 Å². The van der Waals surface area contributed by atoms with Crippen molar-refractivity contribution in [3.8, 4) is 5.75 Å². The van der Waals surface area contributed by atoms with Gasteiger partial charge in [0.25, 0.3) is 0 Å². The minimum Gasteiger partial charge on any atom is -0.486 e. The summed E-state index contributed by atoms with van der Waals surface area (Å²) in [4.78, 5) is 12.6. The van der Waals surface area contributed by atoms with Crippen LogP contribution in [0.5, 0.6) is 5.75 Å². The summed E-state index contributed by atoms with van der Waals surface area (Å²) >= 11 is 1.21. The van der Waals surface area contributed by atoms with Crippen molar-refractivity contribution in [1.82, 2.24) is 14.8 Å². The fraction of sp³-hybridized carbons (Fsp3) is 0.348. The van der Waals surface area contributed by atoms with Gasteiger partial charge in [0.2, 0.25) is 5.91 Å². The van der Waals surface area contributed by atoms with E-state index in [2.05, 4.69) is 29.4 Å². The van der Waals surface area contributed by atoms with Crippen molar-refractivity contribution in [3.63, 3.8) is 0 Å². The van der Waals surface area contributed by atoms with Crippen LogP contribution in [0, 0.1) is 17.6 Å². The summed E-state index contributed by atoms with van der Waals surface area (Å²) in [7, 11) is 0. The molecule has 0 saturated carbocycles. The quantitative estimate of drug-likeness (QED) is 0.416. The Balaban J connectivity index is 1.71. The highest BCUT2D eigenvalue weighted by atomic mass is 32.2. The Morgan fingerprint density at radius 1 is 1.12 bits per heavy atom. The molecular weight excluding hydrogens is 434 g/mol. The maximum Gasteiger partial charge on any atom is 0.237 e. The third-order valence-electron chi connectivity index (χ3n) is 4.67. The van der Waals surface area contributed by atoms with Gasteiger partial charge in [-0.2, -0.15) is 0 Å². The molecule has 170 valence electrons. The molecule has 0 spiro atoms. The Bertz CT molecular complexity index is 1040. The van der Waals surface area contributed by atoms with Gasteiger partial charge in [0, 0.05) is 12.6 Å². The second-order valence-corrected chi connectivity index (χ2v) is 9.02. The molecule has 0 fully saturated rings. The van der Waals surface area contributed by atoms with Crippen molar-refractivity contribution < 1.29 is 18.3 Å². The first kappa shape index (κ1) is 23.7. The Morgan fingerprint density at radius 2 is 1.88 bits per heavy atom. The van der Waals surface area contributed by atoms with E-state index in [0.29, 0.717) is 23.4 Å². The summed E-state index contributed by atoms with van der Waals surface area (Å²) in [6.45, 7) is 6.85. The summed E-state index contributed by atoms with van der Waals surface area (Å²) in [6, 6.07) is 12.3. The molecule has 1 unspecified atom stereocenters. The van der Waals surface area contributed by atoms with Crippen molar-refractivity contribution >= 4 is 23.4 Å². The van der Waals surface area contributed by atoms with Crippen LogP contribution in [0.4, 0.5) is 14.5 Å². The number of ether oxygens (including phenoxy) is 1. The Kier molecular flexibility index (Phi) is 8.21. The minimum atomic E-state index is -0.697. The fourth-order valence-electron chi connectivity index (χ4n) is 2.83. The average Bonchev–Trinajstić information content (AvgIpc) is 3.15. The van der Waals surface area contributed by atoms with E-state index >= 15 is 0 Å². The standard InChI is InChI=1S/C23H26F2N4O2S/c1-15(2)11-12-29-21(14-31-18-7-5-4-6-8-18)27-28-23(29)32-16(3)22(30)26-20-13-17(24)9-10-19(20)25/h4-10,13,15-16H,11-12,14H2,1-3H3,(H,26,30). The lowest BCUT2D eigenvalue weighted by molar-refractivity contribution is -0.115. The zero-order valence-corrected chi connectivity index (χ0v) is 19.0. The molecule has 0 bridgehead atoms. The van der Waals surface area contributed by atoms with Gasteiger partial charge in [-0.25, -0.2) is 8.78 Å². The van der Waals surface area contributed by atoms with E-state index in [9.17, 15) is 13.6 Å². The molecule has 3 rings (SSSR count). The topological polar surface area (TPSA) is 69.0 Å². The predicted octanol–water partition coefficient (Wildman–Crippen LogP) is 5.30. The first-order valence-corrected chi connectivity index (χ1v) is 11.2. The molecule has 0 saturated heterocycles. The van der Waals surface area contributed by atoms with Crippen LogP contribution in [-0.2, 0) is 17.9 Å². The normalized spacial score (nSPS) is 12.1. The van der Waals surface area contributed by atoms with Gasteiger partial charge in [0.1, 0.15) is 24.0 Å². The molecule has 1 N–H and O–H groups in total. The molecular formula is C23H26F2N4O2S. The molecule has 0 aliphatic carbocycles. The number of nitrogens with one attached hydrogen (secondary N) is 1. The maximum absolute atomic E-state index is 13.9. The van der Waals surface area contributed by atoms with Crippen LogP contribution >= 0.6 is 11.8 Å². The van der Waals surface area contributed by atoms with E-state index in [1.54, 1.807) is 6.92 Å². The number of nitrogens with zero attached hydrogens (tertiary/aromatic N) is 3. The van der Waals surface area contributed by atoms with Gasteiger partial charge in [0.15, 0.2) is 11.0 Å². The molecule has 32 heavy (non-hydrogen) atoms. The van der Waals surface area contributed by atoms with Crippen LogP contribution in [0.25, 0.3) is 0 Å². The molecule has 1 aromatic heterocycles. The highest BCUT2D eigenvalue weighted by Gasteiger charge is 2.21. The highest BCUT2D eigenvalue weighted by molar-refractivity contribution is 8.00. The number of thioether (sulfide) groups is 1. The van der Waals surface area contributed by atoms with Crippen LogP contribution in [0.3, 0.4) is 0 Å². The SMILES string of the molecule is CC(C)CCn1c(COc2ccccc2)nnc1SC(C)C(=O)Nc1cc(F)ccc1F. The third-order valence-corrected chi connectivity index (χ3v) is 5.75. The van der Waals surface area contributed by atoms with E-state index in [4.69, 9.17) is 4.74 Å². The summed E-state index contributed by atoms with van der Waals surface area (Å²) in [5.74, 6) is 0.0662. The van der Waals surface area contributed by atoms with Gasteiger partial charge in [-0.3, -0.25) is 4.79 Å². The second kappa shape index (κ2) is 11.1. The number of hydrogen-bond donors (Lipinski definition) is 1. The van der Waals surface area contributed by atoms with Crippen LogP contribution < -0.4 is 10.1 Å². The van der Waals surface area contributed by atoms with Gasteiger partial charge in [0.05, 0.1) is 10.9 Å². The first-order chi connectivity index (χ1) is 15.3. The number of aromatic nitrogens is 3. The number of rotatable bonds is 10. The average molecular weight is 461 g/mol. The lowest BCUT2D eigenvalue weighted by Crippen LogP contribution is -2.23. The number of hydrogen-bond acceptors (Lipinski definition) is 5. The largest absolute Gasteiger partial charge is 0.486 e. The Morgan fingerprint density at radius 3 is 2.59 bits per heavy atom. The molecule has 2 aromatic carbocycles. The van der Waals surface area contributed by atoms with E-state index in [0.717, 1.165) is 30.4 Å². The molecule has 9 heteroatoms. The molecule has 1 heterocycles. The van der Waals surface area contributed by atoms with Crippen LogP contribution in [0.1, 0.15) is 33.0 Å². The Hall–Kier alpha value is -2.94. The van der Waals surface area contributed by atoms with Crippen molar-refractivity contribution in [2.75, 3.05) is 5.32 Å². The zero-order valence-electron chi connectivity index (χ0n) is 18.2. The summed E-state index contributed by atoms with van der Waals surface area (Å²) in [5, 5.41) is 10.9. The molecule has 1 amide bonds. The third kappa shape index (κ3) is 6.53. The lowest BCUT2D eigenvalue weighted by atomic mass is 10.1. The smallest absolute Gasteiger partial charge is 0.237 e. The monoisotopic (exact) mass is 460 g/mol. The number of anilines is 1. The zero-order chi connectivity index (χ0) is 23.1. The summed E-state index contributed by atoms with van der Waals surface area (Å²) < 4.78 is 35.0.